The highest BCUT2D eigenvalue weighted by Crippen LogP contribution is 2.25. The number of aromatic nitrogens is 5. The summed E-state index contributed by atoms with van der Waals surface area (Å²) in [6.45, 7) is 1.81. The molecule has 0 spiro atoms. The number of amides is 1. The molecular formula is C26H24N6O2. The van der Waals surface area contributed by atoms with Gasteiger partial charge in [0.1, 0.15) is 18.1 Å². The maximum atomic E-state index is 13.4. The van der Waals surface area contributed by atoms with Gasteiger partial charge in [-0.15, -0.1) is 0 Å². The predicted octanol–water partition coefficient (Wildman–Crippen LogP) is 4.20. The van der Waals surface area contributed by atoms with Crippen molar-refractivity contribution in [3.05, 3.63) is 90.0 Å². The van der Waals surface area contributed by atoms with E-state index in [0.717, 1.165) is 41.5 Å². The monoisotopic (exact) mass is 452 g/mol. The van der Waals surface area contributed by atoms with Crippen LogP contribution in [0.4, 0.5) is 0 Å². The fourth-order valence-electron chi connectivity index (χ4n) is 4.48. The summed E-state index contributed by atoms with van der Waals surface area (Å²) in [6, 6.07) is 15.4. The van der Waals surface area contributed by atoms with Crippen molar-refractivity contribution >= 4 is 16.9 Å². The van der Waals surface area contributed by atoms with E-state index in [4.69, 9.17) is 14.4 Å². The molecule has 1 aromatic carbocycles. The van der Waals surface area contributed by atoms with Crippen molar-refractivity contribution in [2.75, 3.05) is 0 Å². The van der Waals surface area contributed by atoms with Crippen LogP contribution in [0, 0.1) is 0 Å². The van der Waals surface area contributed by atoms with E-state index in [1.165, 1.54) is 12.8 Å². The van der Waals surface area contributed by atoms with Gasteiger partial charge in [-0.05, 0) is 31.0 Å². The molecule has 4 aromatic heterocycles. The van der Waals surface area contributed by atoms with Gasteiger partial charge in [0.05, 0.1) is 41.3 Å². The standard InChI is InChI=1S/C26H24N6O2/c33-26(27-14-19-16-31-11-5-4-10-24(31)29-19)21-13-23(18-7-2-1-3-8-18)30-25-22(21)15-28-32(25)17-20-9-6-12-34-20/h1-3,6-9,12-13,15-16H,4-5,10-11,14,17H2,(H,27,33). The minimum atomic E-state index is -0.173. The number of imidazole rings is 1. The summed E-state index contributed by atoms with van der Waals surface area (Å²) in [4.78, 5) is 22.9. The third kappa shape index (κ3) is 3.87. The molecular weight excluding hydrogens is 428 g/mol. The average molecular weight is 453 g/mol. The van der Waals surface area contributed by atoms with Crippen LogP contribution in [-0.4, -0.2) is 30.2 Å². The first-order chi connectivity index (χ1) is 16.7. The number of nitrogens with one attached hydrogen (secondary N) is 1. The van der Waals surface area contributed by atoms with E-state index in [2.05, 4.69) is 15.0 Å². The molecule has 0 aliphatic carbocycles. The normalized spacial score (nSPS) is 13.2. The van der Waals surface area contributed by atoms with Crippen LogP contribution in [0.2, 0.25) is 0 Å². The molecule has 170 valence electrons. The largest absolute Gasteiger partial charge is 0.467 e. The molecule has 8 heteroatoms. The number of nitrogens with zero attached hydrogens (tertiary/aromatic N) is 5. The molecule has 0 saturated heterocycles. The van der Waals surface area contributed by atoms with Crippen molar-refractivity contribution in [2.45, 2.75) is 38.9 Å². The highest BCUT2D eigenvalue weighted by Gasteiger charge is 2.19. The number of pyridine rings is 1. The first-order valence-corrected chi connectivity index (χ1v) is 11.5. The van der Waals surface area contributed by atoms with Crippen LogP contribution < -0.4 is 5.32 Å². The van der Waals surface area contributed by atoms with Gasteiger partial charge in [-0.25, -0.2) is 14.6 Å². The smallest absolute Gasteiger partial charge is 0.252 e. The topological polar surface area (TPSA) is 90.8 Å². The van der Waals surface area contributed by atoms with E-state index in [1.54, 1.807) is 17.1 Å². The van der Waals surface area contributed by atoms with Crippen molar-refractivity contribution in [3.8, 4) is 11.3 Å². The minimum absolute atomic E-state index is 0.173. The second kappa shape index (κ2) is 8.62. The summed E-state index contributed by atoms with van der Waals surface area (Å²) >= 11 is 0. The Kier molecular flexibility index (Phi) is 5.18. The Bertz CT molecular complexity index is 1430. The lowest BCUT2D eigenvalue weighted by Gasteiger charge is -2.11. The maximum Gasteiger partial charge on any atom is 0.252 e. The van der Waals surface area contributed by atoms with Crippen molar-refractivity contribution in [1.29, 1.82) is 0 Å². The molecule has 6 rings (SSSR count). The molecule has 1 aliphatic rings. The van der Waals surface area contributed by atoms with E-state index >= 15 is 0 Å². The number of aryl methyl sites for hydroxylation is 2. The van der Waals surface area contributed by atoms with Crippen LogP contribution in [0.1, 0.15) is 40.5 Å². The van der Waals surface area contributed by atoms with Crippen LogP contribution in [0.3, 0.4) is 0 Å². The lowest BCUT2D eigenvalue weighted by atomic mass is 10.1. The van der Waals surface area contributed by atoms with E-state index in [-0.39, 0.29) is 5.91 Å². The average Bonchev–Trinajstić information content (AvgIpc) is 3.63. The Morgan fingerprint density at radius 1 is 1.09 bits per heavy atom. The molecule has 0 unspecified atom stereocenters. The SMILES string of the molecule is O=C(NCc1cn2c(n1)CCCC2)c1cc(-c2ccccc2)nc2c1cnn2Cc1ccco1. The lowest BCUT2D eigenvalue weighted by Crippen LogP contribution is -2.23. The number of benzene rings is 1. The summed E-state index contributed by atoms with van der Waals surface area (Å²) in [5.41, 5.74) is 3.72. The van der Waals surface area contributed by atoms with Gasteiger partial charge in [0.2, 0.25) is 0 Å². The van der Waals surface area contributed by atoms with E-state index in [1.807, 2.05) is 54.7 Å². The molecule has 5 heterocycles. The predicted molar refractivity (Wildman–Crippen MR) is 127 cm³/mol. The Hall–Kier alpha value is -4.20. The van der Waals surface area contributed by atoms with Crippen molar-refractivity contribution < 1.29 is 9.21 Å². The Labute approximate surface area is 196 Å². The molecule has 1 amide bonds. The number of furan rings is 1. The second-order valence-corrected chi connectivity index (χ2v) is 8.52. The molecule has 5 aromatic rings. The highest BCUT2D eigenvalue weighted by atomic mass is 16.3. The van der Waals surface area contributed by atoms with Crippen molar-refractivity contribution in [3.63, 3.8) is 0 Å². The summed E-state index contributed by atoms with van der Waals surface area (Å²) in [6.07, 6.45) is 8.72. The zero-order valence-electron chi connectivity index (χ0n) is 18.6. The Balaban J connectivity index is 1.34. The summed E-state index contributed by atoms with van der Waals surface area (Å²) in [5, 5.41) is 8.26. The van der Waals surface area contributed by atoms with Crippen LogP contribution in [0.15, 0.2) is 71.6 Å². The molecule has 1 N–H and O–H groups in total. The van der Waals surface area contributed by atoms with Gasteiger partial charge in [-0.3, -0.25) is 4.79 Å². The van der Waals surface area contributed by atoms with Crippen LogP contribution in [0.25, 0.3) is 22.3 Å². The summed E-state index contributed by atoms with van der Waals surface area (Å²) < 4.78 is 9.45. The molecule has 1 aliphatic heterocycles. The number of carbonyl (C=O) groups is 1. The fraction of sp³-hybridized carbons (Fsp3) is 0.231. The molecule has 0 bridgehead atoms. The summed E-state index contributed by atoms with van der Waals surface area (Å²) in [7, 11) is 0. The first kappa shape index (κ1) is 20.4. The highest BCUT2D eigenvalue weighted by molar-refractivity contribution is 6.06. The van der Waals surface area contributed by atoms with Gasteiger partial charge in [0.25, 0.3) is 5.91 Å². The second-order valence-electron chi connectivity index (χ2n) is 8.52. The van der Waals surface area contributed by atoms with Gasteiger partial charge in [-0.1, -0.05) is 30.3 Å². The molecule has 0 atom stereocenters. The quantitative estimate of drug-likeness (QED) is 0.417. The van der Waals surface area contributed by atoms with Gasteiger partial charge in [0.15, 0.2) is 5.65 Å². The Morgan fingerprint density at radius 2 is 2.00 bits per heavy atom. The van der Waals surface area contributed by atoms with E-state index < -0.39 is 0 Å². The van der Waals surface area contributed by atoms with Crippen LogP contribution in [0.5, 0.6) is 0 Å². The molecule has 0 fully saturated rings. The number of carbonyl (C=O) groups excluding carboxylic acids is 1. The van der Waals surface area contributed by atoms with Gasteiger partial charge in [0, 0.05) is 24.7 Å². The number of fused-ring (bicyclic) bond motifs is 2. The molecule has 8 nitrogen and oxygen atoms in total. The zero-order chi connectivity index (χ0) is 22.9. The third-order valence-corrected chi connectivity index (χ3v) is 6.20. The first-order valence-electron chi connectivity index (χ1n) is 11.5. The Morgan fingerprint density at radius 3 is 2.82 bits per heavy atom. The minimum Gasteiger partial charge on any atom is -0.467 e. The van der Waals surface area contributed by atoms with E-state index in [0.29, 0.717) is 29.7 Å². The summed E-state index contributed by atoms with van der Waals surface area (Å²) in [5.74, 6) is 1.70. The van der Waals surface area contributed by atoms with Gasteiger partial charge in [-0.2, -0.15) is 5.10 Å². The fourth-order valence-corrected chi connectivity index (χ4v) is 4.48. The lowest BCUT2D eigenvalue weighted by molar-refractivity contribution is 0.0952. The molecule has 0 radical (unpaired) electrons. The van der Waals surface area contributed by atoms with Crippen LogP contribution in [-0.2, 0) is 26.1 Å². The van der Waals surface area contributed by atoms with Crippen molar-refractivity contribution in [1.82, 2.24) is 29.6 Å². The third-order valence-electron chi connectivity index (χ3n) is 6.20. The number of rotatable bonds is 6. The van der Waals surface area contributed by atoms with E-state index in [9.17, 15) is 4.79 Å². The number of hydrogen-bond donors (Lipinski definition) is 1. The molecule has 0 saturated carbocycles. The van der Waals surface area contributed by atoms with Crippen LogP contribution >= 0.6 is 0 Å². The van der Waals surface area contributed by atoms with Gasteiger partial charge >= 0.3 is 0 Å². The zero-order valence-corrected chi connectivity index (χ0v) is 18.6. The van der Waals surface area contributed by atoms with Crippen molar-refractivity contribution in [2.24, 2.45) is 0 Å². The molecule has 34 heavy (non-hydrogen) atoms. The number of hydrogen-bond acceptors (Lipinski definition) is 5. The maximum absolute atomic E-state index is 13.4. The van der Waals surface area contributed by atoms with Gasteiger partial charge < -0.3 is 14.3 Å².